The predicted molar refractivity (Wildman–Crippen MR) is 98.5 cm³/mol. The van der Waals surface area contributed by atoms with Crippen molar-refractivity contribution in [1.82, 2.24) is 5.32 Å². The van der Waals surface area contributed by atoms with Gasteiger partial charge in [0.05, 0.1) is 6.04 Å². The first kappa shape index (κ1) is 21.7. The molecule has 0 aliphatic rings. The summed E-state index contributed by atoms with van der Waals surface area (Å²) in [6.45, 7) is 5.67. The summed E-state index contributed by atoms with van der Waals surface area (Å²) in [7, 11) is 0. The summed E-state index contributed by atoms with van der Waals surface area (Å²) in [6.07, 6.45) is 3.17. The Morgan fingerprint density at radius 3 is 2.42 bits per heavy atom. The second kappa shape index (κ2) is 11.3. The SMILES string of the molecule is CC(C)(C)OC(=O)CCCCCC(C=O)NC(=O)OCc1ccccc1. The molecular weight excluding hydrogens is 334 g/mol. The first-order chi connectivity index (χ1) is 12.3. The normalized spacial score (nSPS) is 12.1. The first-order valence-corrected chi connectivity index (χ1v) is 8.94. The Hall–Kier alpha value is -2.37. The van der Waals surface area contributed by atoms with Crippen LogP contribution in [0.3, 0.4) is 0 Å². The van der Waals surface area contributed by atoms with E-state index in [0.717, 1.165) is 18.4 Å². The van der Waals surface area contributed by atoms with E-state index < -0.39 is 17.7 Å². The number of nitrogens with one attached hydrogen (secondary N) is 1. The lowest BCUT2D eigenvalue weighted by atomic mass is 10.1. The average molecular weight is 363 g/mol. The molecule has 0 aliphatic carbocycles. The van der Waals surface area contributed by atoms with Crippen LogP contribution in [0, 0.1) is 0 Å². The molecule has 6 heteroatoms. The van der Waals surface area contributed by atoms with Crippen molar-refractivity contribution < 1.29 is 23.9 Å². The molecule has 0 radical (unpaired) electrons. The molecule has 1 aromatic rings. The fraction of sp³-hybridized carbons (Fsp3) is 0.550. The monoisotopic (exact) mass is 363 g/mol. The summed E-state index contributed by atoms with van der Waals surface area (Å²) in [5, 5.41) is 2.55. The minimum absolute atomic E-state index is 0.161. The van der Waals surface area contributed by atoms with E-state index in [1.807, 2.05) is 51.1 Å². The van der Waals surface area contributed by atoms with Crippen molar-refractivity contribution in [2.45, 2.75) is 71.1 Å². The molecule has 0 saturated carbocycles. The third-order valence-electron chi connectivity index (χ3n) is 3.50. The van der Waals surface area contributed by atoms with E-state index in [4.69, 9.17) is 9.47 Å². The van der Waals surface area contributed by atoms with Crippen molar-refractivity contribution in [3.63, 3.8) is 0 Å². The standard InChI is InChI=1S/C20H29NO5/c1-20(2,3)26-18(23)13-9-5-8-12-17(14-22)21-19(24)25-15-16-10-6-4-7-11-16/h4,6-7,10-11,14,17H,5,8-9,12-13,15H2,1-3H3,(H,21,24). The Morgan fingerprint density at radius 2 is 1.81 bits per heavy atom. The first-order valence-electron chi connectivity index (χ1n) is 8.94. The van der Waals surface area contributed by atoms with E-state index in [9.17, 15) is 14.4 Å². The van der Waals surface area contributed by atoms with Gasteiger partial charge in [-0.05, 0) is 39.2 Å². The Morgan fingerprint density at radius 1 is 1.12 bits per heavy atom. The fourth-order valence-corrected chi connectivity index (χ4v) is 2.29. The van der Waals surface area contributed by atoms with Gasteiger partial charge in [0.15, 0.2) is 0 Å². The number of aldehydes is 1. The van der Waals surface area contributed by atoms with E-state index in [-0.39, 0.29) is 12.6 Å². The third kappa shape index (κ3) is 10.5. The van der Waals surface area contributed by atoms with Crippen LogP contribution in [-0.2, 0) is 25.7 Å². The number of amides is 1. The van der Waals surface area contributed by atoms with E-state index in [2.05, 4.69) is 5.32 Å². The van der Waals surface area contributed by atoms with Gasteiger partial charge in [0.25, 0.3) is 0 Å². The van der Waals surface area contributed by atoms with Gasteiger partial charge in [0.2, 0.25) is 0 Å². The molecule has 26 heavy (non-hydrogen) atoms. The highest BCUT2D eigenvalue weighted by Crippen LogP contribution is 2.11. The van der Waals surface area contributed by atoms with Gasteiger partial charge in [0, 0.05) is 6.42 Å². The maximum Gasteiger partial charge on any atom is 0.408 e. The summed E-state index contributed by atoms with van der Waals surface area (Å²) >= 11 is 0. The van der Waals surface area contributed by atoms with Gasteiger partial charge in [-0.15, -0.1) is 0 Å². The fourth-order valence-electron chi connectivity index (χ4n) is 2.29. The van der Waals surface area contributed by atoms with Gasteiger partial charge in [0.1, 0.15) is 18.5 Å². The molecular formula is C20H29NO5. The maximum atomic E-state index is 11.7. The highest BCUT2D eigenvalue weighted by Gasteiger charge is 2.16. The summed E-state index contributed by atoms with van der Waals surface area (Å²) in [4.78, 5) is 34.4. The number of benzene rings is 1. The zero-order valence-corrected chi connectivity index (χ0v) is 15.8. The number of ether oxygens (including phenoxy) is 2. The van der Waals surface area contributed by atoms with Crippen molar-refractivity contribution in [3.05, 3.63) is 35.9 Å². The van der Waals surface area contributed by atoms with E-state index in [1.54, 1.807) is 0 Å². The molecule has 0 aromatic heterocycles. The van der Waals surface area contributed by atoms with Gasteiger partial charge >= 0.3 is 12.1 Å². The summed E-state index contributed by atoms with van der Waals surface area (Å²) in [5.41, 5.74) is 0.413. The van der Waals surface area contributed by atoms with E-state index >= 15 is 0 Å². The minimum atomic E-state index is -0.611. The van der Waals surface area contributed by atoms with Crippen LogP contribution in [0.5, 0.6) is 0 Å². The molecule has 1 unspecified atom stereocenters. The van der Waals surface area contributed by atoms with Gasteiger partial charge in [-0.1, -0.05) is 43.2 Å². The van der Waals surface area contributed by atoms with Crippen molar-refractivity contribution >= 4 is 18.3 Å². The molecule has 0 spiro atoms. The maximum absolute atomic E-state index is 11.7. The lowest BCUT2D eigenvalue weighted by molar-refractivity contribution is -0.154. The van der Waals surface area contributed by atoms with E-state index in [1.165, 1.54) is 0 Å². The highest BCUT2D eigenvalue weighted by molar-refractivity contribution is 5.73. The lowest BCUT2D eigenvalue weighted by Gasteiger charge is -2.19. The van der Waals surface area contributed by atoms with E-state index in [0.29, 0.717) is 25.5 Å². The molecule has 0 saturated heterocycles. The smallest absolute Gasteiger partial charge is 0.408 e. The molecule has 0 aliphatic heterocycles. The number of carbonyl (C=O) groups excluding carboxylic acids is 3. The number of rotatable bonds is 10. The molecule has 1 atom stereocenters. The van der Waals surface area contributed by atoms with Crippen molar-refractivity contribution in [2.24, 2.45) is 0 Å². The van der Waals surface area contributed by atoms with Crippen LogP contribution < -0.4 is 5.32 Å². The molecule has 144 valence electrons. The van der Waals surface area contributed by atoms with Gasteiger partial charge in [-0.3, -0.25) is 4.79 Å². The number of alkyl carbamates (subject to hydrolysis) is 1. The Bertz CT molecular complexity index is 565. The molecule has 0 bridgehead atoms. The molecule has 1 rings (SSSR count). The number of hydrogen-bond donors (Lipinski definition) is 1. The van der Waals surface area contributed by atoms with Crippen LogP contribution >= 0.6 is 0 Å². The second-order valence-electron chi connectivity index (χ2n) is 7.13. The zero-order chi connectivity index (χ0) is 19.4. The minimum Gasteiger partial charge on any atom is -0.460 e. The Kier molecular flexibility index (Phi) is 9.41. The lowest BCUT2D eigenvalue weighted by Crippen LogP contribution is -2.36. The van der Waals surface area contributed by atoms with Crippen LogP contribution in [0.4, 0.5) is 4.79 Å². The van der Waals surface area contributed by atoms with Crippen molar-refractivity contribution in [3.8, 4) is 0 Å². The molecule has 1 aromatic carbocycles. The molecule has 0 heterocycles. The summed E-state index contributed by atoms with van der Waals surface area (Å²) < 4.78 is 10.3. The van der Waals surface area contributed by atoms with Crippen LogP contribution in [0.15, 0.2) is 30.3 Å². The van der Waals surface area contributed by atoms with Crippen LogP contribution in [0.25, 0.3) is 0 Å². The largest absolute Gasteiger partial charge is 0.460 e. The number of esters is 1. The van der Waals surface area contributed by atoms with Crippen molar-refractivity contribution in [2.75, 3.05) is 0 Å². The molecule has 1 N–H and O–H groups in total. The van der Waals surface area contributed by atoms with Crippen LogP contribution in [-0.4, -0.2) is 30.0 Å². The quantitative estimate of drug-likeness (QED) is 0.389. The van der Waals surface area contributed by atoms with Gasteiger partial charge < -0.3 is 19.6 Å². The zero-order valence-electron chi connectivity index (χ0n) is 15.8. The topological polar surface area (TPSA) is 81.7 Å². The summed E-state index contributed by atoms with van der Waals surface area (Å²) in [5.74, 6) is -0.216. The van der Waals surface area contributed by atoms with Crippen LogP contribution in [0.1, 0.15) is 58.4 Å². The summed E-state index contributed by atoms with van der Waals surface area (Å²) in [6, 6.07) is 8.74. The Balaban J connectivity index is 2.17. The van der Waals surface area contributed by atoms with Crippen LogP contribution in [0.2, 0.25) is 0 Å². The van der Waals surface area contributed by atoms with Crippen molar-refractivity contribution in [1.29, 1.82) is 0 Å². The predicted octanol–water partition coefficient (Wildman–Crippen LogP) is 3.77. The number of carbonyl (C=O) groups is 3. The second-order valence-corrected chi connectivity index (χ2v) is 7.13. The molecule has 6 nitrogen and oxygen atoms in total. The Labute approximate surface area is 155 Å². The average Bonchev–Trinajstić information content (AvgIpc) is 2.58. The van der Waals surface area contributed by atoms with Gasteiger partial charge in [-0.25, -0.2) is 4.79 Å². The number of unbranched alkanes of at least 4 members (excludes halogenated alkanes) is 2. The molecule has 0 fully saturated rings. The highest BCUT2D eigenvalue weighted by atomic mass is 16.6. The van der Waals surface area contributed by atoms with Gasteiger partial charge in [-0.2, -0.15) is 0 Å². The number of hydrogen-bond acceptors (Lipinski definition) is 5. The third-order valence-corrected chi connectivity index (χ3v) is 3.50. The molecule has 1 amide bonds.